The second-order valence-corrected chi connectivity index (χ2v) is 6.23. The van der Waals surface area contributed by atoms with Gasteiger partial charge in [-0.05, 0) is 23.3 Å². The largest absolute Gasteiger partial charge is 0.369 e. The average Bonchev–Trinajstić information content (AvgIpc) is 2.92. The molecule has 0 radical (unpaired) electrons. The molecule has 0 aliphatic carbocycles. The molecule has 0 unspecified atom stereocenters. The lowest BCUT2D eigenvalue weighted by molar-refractivity contribution is 0.0766. The number of amides is 1. The number of nitrogens with one attached hydrogen (secondary N) is 1. The van der Waals surface area contributed by atoms with E-state index in [9.17, 15) is 4.79 Å². The molecular weight excluding hydrogens is 357 g/mol. The van der Waals surface area contributed by atoms with Gasteiger partial charge in [0.25, 0.3) is 5.91 Å². The Balaban J connectivity index is 0.00000113. The Morgan fingerprint density at radius 3 is 2.40 bits per heavy atom. The Labute approximate surface area is 161 Å². The van der Waals surface area contributed by atoms with Crippen LogP contribution in [0.4, 0.5) is 5.69 Å². The predicted octanol–water partition coefficient (Wildman–Crippen LogP) is 3.10. The van der Waals surface area contributed by atoms with Crippen LogP contribution in [0.2, 0.25) is 0 Å². The van der Waals surface area contributed by atoms with Crippen molar-refractivity contribution in [3.05, 3.63) is 65.2 Å². The van der Waals surface area contributed by atoms with Crippen molar-refractivity contribution in [1.29, 1.82) is 0 Å². The van der Waals surface area contributed by atoms with Crippen LogP contribution in [0.15, 0.2) is 48.5 Å². The first-order valence-corrected chi connectivity index (χ1v) is 8.23. The molecule has 0 aromatic heterocycles. The standard InChI is InChI=1S/C19H21N3O.2ClH/c23-19-18-12-17(21-10-8-20-9-11-21)7-6-16(18)14-22(19)13-15-4-2-1-3-5-15;;/h1-7,12,20H,8-11,13-14H2;2*1H. The highest BCUT2D eigenvalue weighted by molar-refractivity contribution is 5.99. The molecule has 1 fully saturated rings. The van der Waals surface area contributed by atoms with E-state index in [1.807, 2.05) is 23.1 Å². The smallest absolute Gasteiger partial charge is 0.254 e. The van der Waals surface area contributed by atoms with Gasteiger partial charge in [-0.25, -0.2) is 0 Å². The van der Waals surface area contributed by atoms with E-state index in [0.717, 1.165) is 37.3 Å². The summed E-state index contributed by atoms with van der Waals surface area (Å²) in [6.07, 6.45) is 0. The number of halogens is 2. The SMILES string of the molecule is Cl.Cl.O=C1c2cc(N3CCNCC3)ccc2CN1Cc1ccccc1. The molecule has 134 valence electrons. The minimum Gasteiger partial charge on any atom is -0.369 e. The van der Waals surface area contributed by atoms with Gasteiger partial charge in [0.05, 0.1) is 0 Å². The topological polar surface area (TPSA) is 35.6 Å². The first-order valence-electron chi connectivity index (χ1n) is 8.23. The van der Waals surface area contributed by atoms with Crippen molar-refractivity contribution in [2.24, 2.45) is 0 Å². The molecule has 0 atom stereocenters. The van der Waals surface area contributed by atoms with Crippen molar-refractivity contribution in [2.45, 2.75) is 13.1 Å². The molecular formula is C19H23Cl2N3O. The van der Waals surface area contributed by atoms with E-state index in [0.29, 0.717) is 13.1 Å². The highest BCUT2D eigenvalue weighted by Gasteiger charge is 2.28. The number of benzene rings is 2. The lowest BCUT2D eigenvalue weighted by Gasteiger charge is -2.29. The van der Waals surface area contributed by atoms with Crippen molar-refractivity contribution in [3.63, 3.8) is 0 Å². The number of piperazine rings is 1. The minimum absolute atomic E-state index is 0. The fourth-order valence-electron chi connectivity index (χ4n) is 3.40. The molecule has 2 aromatic rings. The van der Waals surface area contributed by atoms with Gasteiger partial charge >= 0.3 is 0 Å². The third kappa shape index (κ3) is 4.09. The van der Waals surface area contributed by atoms with Gasteiger partial charge in [0, 0.05) is 50.5 Å². The molecule has 6 heteroatoms. The van der Waals surface area contributed by atoms with Gasteiger partial charge in [0.15, 0.2) is 0 Å². The molecule has 2 heterocycles. The number of carbonyl (C=O) groups excluding carboxylic acids is 1. The highest BCUT2D eigenvalue weighted by atomic mass is 35.5. The van der Waals surface area contributed by atoms with Crippen molar-refractivity contribution in [3.8, 4) is 0 Å². The van der Waals surface area contributed by atoms with Crippen molar-refractivity contribution in [2.75, 3.05) is 31.1 Å². The summed E-state index contributed by atoms with van der Waals surface area (Å²) in [4.78, 5) is 17.0. The van der Waals surface area contributed by atoms with Gasteiger partial charge < -0.3 is 15.1 Å². The van der Waals surface area contributed by atoms with Crippen LogP contribution in [-0.2, 0) is 13.1 Å². The van der Waals surface area contributed by atoms with E-state index < -0.39 is 0 Å². The number of hydrogen-bond donors (Lipinski definition) is 1. The molecule has 4 rings (SSSR count). The fourth-order valence-corrected chi connectivity index (χ4v) is 3.40. The summed E-state index contributed by atoms with van der Waals surface area (Å²) in [6, 6.07) is 16.5. The zero-order chi connectivity index (χ0) is 15.6. The molecule has 1 amide bonds. The van der Waals surface area contributed by atoms with Crippen LogP contribution in [0.3, 0.4) is 0 Å². The van der Waals surface area contributed by atoms with E-state index in [2.05, 4.69) is 40.5 Å². The van der Waals surface area contributed by atoms with E-state index in [-0.39, 0.29) is 30.7 Å². The summed E-state index contributed by atoms with van der Waals surface area (Å²) >= 11 is 0. The quantitative estimate of drug-likeness (QED) is 0.889. The molecule has 0 saturated carbocycles. The minimum atomic E-state index is 0. The molecule has 4 nitrogen and oxygen atoms in total. The Kier molecular flexibility index (Phi) is 6.71. The van der Waals surface area contributed by atoms with E-state index in [1.54, 1.807) is 0 Å². The highest BCUT2D eigenvalue weighted by Crippen LogP contribution is 2.28. The molecule has 2 aliphatic rings. The Bertz CT molecular complexity index is 718. The van der Waals surface area contributed by atoms with E-state index in [1.165, 1.54) is 11.3 Å². The summed E-state index contributed by atoms with van der Waals surface area (Å²) in [5.41, 5.74) is 4.36. The van der Waals surface area contributed by atoms with Gasteiger partial charge in [-0.2, -0.15) is 0 Å². The summed E-state index contributed by atoms with van der Waals surface area (Å²) in [5, 5.41) is 3.36. The summed E-state index contributed by atoms with van der Waals surface area (Å²) < 4.78 is 0. The van der Waals surface area contributed by atoms with E-state index >= 15 is 0 Å². The summed E-state index contributed by atoms with van der Waals surface area (Å²) in [6.45, 7) is 5.40. The Hall–Kier alpha value is -1.75. The second kappa shape index (κ2) is 8.56. The van der Waals surface area contributed by atoms with Crippen molar-refractivity contribution < 1.29 is 4.79 Å². The molecule has 2 aromatic carbocycles. The van der Waals surface area contributed by atoms with Gasteiger partial charge in [-0.15, -0.1) is 24.8 Å². The number of hydrogen-bond acceptors (Lipinski definition) is 3. The lowest BCUT2D eigenvalue weighted by atomic mass is 10.1. The van der Waals surface area contributed by atoms with Crippen LogP contribution < -0.4 is 10.2 Å². The maximum atomic E-state index is 12.7. The zero-order valence-corrected chi connectivity index (χ0v) is 15.6. The molecule has 1 saturated heterocycles. The molecule has 2 aliphatic heterocycles. The third-order valence-corrected chi connectivity index (χ3v) is 4.67. The lowest BCUT2D eigenvalue weighted by Crippen LogP contribution is -2.43. The maximum Gasteiger partial charge on any atom is 0.254 e. The molecule has 0 spiro atoms. The number of fused-ring (bicyclic) bond motifs is 1. The van der Waals surface area contributed by atoms with Crippen molar-refractivity contribution >= 4 is 36.4 Å². The maximum absolute atomic E-state index is 12.7. The van der Waals surface area contributed by atoms with Crippen LogP contribution in [0.25, 0.3) is 0 Å². The van der Waals surface area contributed by atoms with Gasteiger partial charge in [-0.1, -0.05) is 36.4 Å². The molecule has 1 N–H and O–H groups in total. The normalized spacial score (nSPS) is 16.1. The van der Waals surface area contributed by atoms with Crippen molar-refractivity contribution in [1.82, 2.24) is 10.2 Å². The Morgan fingerprint density at radius 1 is 0.960 bits per heavy atom. The van der Waals surface area contributed by atoms with Crippen LogP contribution >= 0.6 is 24.8 Å². The number of rotatable bonds is 3. The third-order valence-electron chi connectivity index (χ3n) is 4.67. The van der Waals surface area contributed by atoms with Gasteiger partial charge in [0.1, 0.15) is 0 Å². The summed E-state index contributed by atoms with van der Waals surface area (Å²) in [7, 11) is 0. The zero-order valence-electron chi connectivity index (χ0n) is 14.0. The van der Waals surface area contributed by atoms with Crippen LogP contribution in [-0.4, -0.2) is 37.0 Å². The Morgan fingerprint density at radius 2 is 1.68 bits per heavy atom. The fraction of sp³-hybridized carbons (Fsp3) is 0.316. The first-order chi connectivity index (χ1) is 11.3. The van der Waals surface area contributed by atoms with E-state index in [4.69, 9.17) is 0 Å². The first kappa shape index (κ1) is 19.6. The predicted molar refractivity (Wildman–Crippen MR) is 106 cm³/mol. The van der Waals surface area contributed by atoms with Gasteiger partial charge in [0.2, 0.25) is 0 Å². The van der Waals surface area contributed by atoms with Crippen LogP contribution in [0, 0.1) is 0 Å². The van der Waals surface area contributed by atoms with Crippen LogP contribution in [0.5, 0.6) is 0 Å². The van der Waals surface area contributed by atoms with Gasteiger partial charge in [-0.3, -0.25) is 4.79 Å². The molecule has 25 heavy (non-hydrogen) atoms. The number of carbonyl (C=O) groups is 1. The number of nitrogens with zero attached hydrogens (tertiary/aromatic N) is 2. The average molecular weight is 380 g/mol. The molecule has 0 bridgehead atoms. The van der Waals surface area contributed by atoms with Crippen LogP contribution in [0.1, 0.15) is 21.5 Å². The second-order valence-electron chi connectivity index (χ2n) is 6.23. The summed E-state index contributed by atoms with van der Waals surface area (Å²) in [5.74, 6) is 0.154. The number of anilines is 1. The monoisotopic (exact) mass is 379 g/mol.